The Morgan fingerprint density at radius 2 is 2.00 bits per heavy atom. The van der Waals surface area contributed by atoms with Gasteiger partial charge in [0, 0.05) is 10.9 Å². The van der Waals surface area contributed by atoms with Gasteiger partial charge in [0.1, 0.15) is 11.3 Å². The summed E-state index contributed by atoms with van der Waals surface area (Å²) >= 11 is 0. The number of ketones is 1. The third-order valence-electron chi connectivity index (χ3n) is 2.65. The smallest absolute Gasteiger partial charge is 0.385 e. The Morgan fingerprint density at radius 1 is 1.25 bits per heavy atom. The molecule has 1 aromatic carbocycles. The molecule has 0 unspecified atom stereocenters. The number of hydrogen-bond donors (Lipinski definition) is 1. The van der Waals surface area contributed by atoms with Gasteiger partial charge in [-0.3, -0.25) is 4.79 Å². The van der Waals surface area contributed by atoms with Crippen molar-refractivity contribution < 1.29 is 23.8 Å². The average molecular weight is 218 g/mol. The SMILES string of the molecule is Cc1c(O)oc2cc3c(cc12)OC(=O)C3=O. The first-order chi connectivity index (χ1) is 7.58. The van der Waals surface area contributed by atoms with Gasteiger partial charge in [0.2, 0.25) is 0 Å². The maximum atomic E-state index is 11.4. The first-order valence-electron chi connectivity index (χ1n) is 4.60. The van der Waals surface area contributed by atoms with E-state index in [1.165, 1.54) is 12.1 Å². The minimum Gasteiger partial charge on any atom is -0.480 e. The fourth-order valence-electron chi connectivity index (χ4n) is 1.75. The first-order valence-corrected chi connectivity index (χ1v) is 4.60. The molecule has 1 N–H and O–H groups in total. The van der Waals surface area contributed by atoms with Gasteiger partial charge in [-0.1, -0.05) is 0 Å². The lowest BCUT2D eigenvalue weighted by Gasteiger charge is -1.95. The van der Waals surface area contributed by atoms with Crippen LogP contribution < -0.4 is 4.74 Å². The predicted molar refractivity (Wildman–Crippen MR) is 52.6 cm³/mol. The molecule has 0 atom stereocenters. The number of aryl methyl sites for hydroxylation is 1. The molecule has 16 heavy (non-hydrogen) atoms. The van der Waals surface area contributed by atoms with Gasteiger partial charge in [0.15, 0.2) is 0 Å². The molecule has 2 aromatic rings. The molecule has 3 rings (SSSR count). The van der Waals surface area contributed by atoms with E-state index in [0.717, 1.165) is 0 Å². The van der Waals surface area contributed by atoms with Crippen molar-refractivity contribution in [3.8, 4) is 11.7 Å². The summed E-state index contributed by atoms with van der Waals surface area (Å²) in [5.74, 6) is -1.56. The maximum absolute atomic E-state index is 11.4. The molecule has 5 nitrogen and oxygen atoms in total. The standard InChI is InChI=1S/C11H6O5/c1-4-5-2-8-6(9(12)11(14)16-8)3-7(5)15-10(4)13/h2-3,13H,1H3. The van der Waals surface area contributed by atoms with Crippen LogP contribution in [0.4, 0.5) is 0 Å². The zero-order valence-corrected chi connectivity index (χ0v) is 8.23. The van der Waals surface area contributed by atoms with E-state index >= 15 is 0 Å². The molecular formula is C11H6O5. The van der Waals surface area contributed by atoms with Crippen LogP contribution in [0, 0.1) is 6.92 Å². The molecular weight excluding hydrogens is 212 g/mol. The van der Waals surface area contributed by atoms with Crippen LogP contribution in [0.15, 0.2) is 16.5 Å². The number of carbonyl (C=O) groups excluding carboxylic acids is 2. The van der Waals surface area contributed by atoms with E-state index in [4.69, 9.17) is 9.15 Å². The molecule has 0 saturated heterocycles. The summed E-state index contributed by atoms with van der Waals surface area (Å²) in [7, 11) is 0. The van der Waals surface area contributed by atoms with Gasteiger partial charge in [0.05, 0.1) is 5.56 Å². The van der Waals surface area contributed by atoms with Crippen LogP contribution in [-0.2, 0) is 4.79 Å². The Hall–Kier alpha value is -2.30. The summed E-state index contributed by atoms with van der Waals surface area (Å²) < 4.78 is 9.82. The van der Waals surface area contributed by atoms with Crippen molar-refractivity contribution in [2.24, 2.45) is 0 Å². The van der Waals surface area contributed by atoms with Crippen LogP contribution >= 0.6 is 0 Å². The molecule has 1 aromatic heterocycles. The highest BCUT2D eigenvalue weighted by molar-refractivity contribution is 6.44. The summed E-state index contributed by atoms with van der Waals surface area (Å²) in [5.41, 5.74) is 1.08. The highest BCUT2D eigenvalue weighted by Crippen LogP contribution is 2.37. The molecule has 0 saturated carbocycles. The van der Waals surface area contributed by atoms with Gasteiger partial charge in [-0.05, 0) is 19.1 Å². The van der Waals surface area contributed by atoms with Crippen molar-refractivity contribution in [2.75, 3.05) is 0 Å². The minimum absolute atomic E-state index is 0.172. The van der Waals surface area contributed by atoms with Crippen LogP contribution in [0.25, 0.3) is 11.0 Å². The average Bonchev–Trinajstić information content (AvgIpc) is 2.67. The Kier molecular flexibility index (Phi) is 1.47. The van der Waals surface area contributed by atoms with E-state index < -0.39 is 11.8 Å². The molecule has 80 valence electrons. The number of fused-ring (bicyclic) bond motifs is 2. The molecule has 0 amide bonds. The monoisotopic (exact) mass is 218 g/mol. The van der Waals surface area contributed by atoms with E-state index in [9.17, 15) is 14.7 Å². The summed E-state index contributed by atoms with van der Waals surface area (Å²) in [6, 6.07) is 2.93. The third-order valence-corrected chi connectivity index (χ3v) is 2.65. The Labute approximate surface area is 89.2 Å². The maximum Gasteiger partial charge on any atom is 0.385 e. The molecule has 1 aliphatic heterocycles. The quantitative estimate of drug-likeness (QED) is 0.412. The van der Waals surface area contributed by atoms with E-state index in [1.807, 2.05) is 0 Å². The molecule has 0 aliphatic carbocycles. The Bertz CT molecular complexity index is 650. The van der Waals surface area contributed by atoms with Gasteiger partial charge < -0.3 is 14.3 Å². The fraction of sp³-hybridized carbons (Fsp3) is 0.0909. The van der Waals surface area contributed by atoms with Crippen molar-refractivity contribution in [2.45, 2.75) is 6.92 Å². The fourth-order valence-corrected chi connectivity index (χ4v) is 1.75. The molecule has 5 heteroatoms. The lowest BCUT2D eigenvalue weighted by atomic mass is 10.1. The Balaban J connectivity index is 2.37. The number of furan rings is 1. The normalized spacial score (nSPS) is 14.3. The van der Waals surface area contributed by atoms with E-state index in [-0.39, 0.29) is 17.3 Å². The molecule has 0 radical (unpaired) electrons. The number of ether oxygens (including phenoxy) is 1. The number of hydrogen-bond acceptors (Lipinski definition) is 5. The molecule has 0 bridgehead atoms. The minimum atomic E-state index is -0.885. The van der Waals surface area contributed by atoms with Crippen molar-refractivity contribution in [3.05, 3.63) is 23.3 Å². The summed E-state index contributed by atoms with van der Waals surface area (Å²) in [5, 5.41) is 10.00. The molecule has 2 heterocycles. The van der Waals surface area contributed by atoms with Crippen LogP contribution in [0.3, 0.4) is 0 Å². The zero-order valence-electron chi connectivity index (χ0n) is 8.23. The van der Waals surface area contributed by atoms with Crippen molar-refractivity contribution >= 4 is 22.7 Å². The summed E-state index contributed by atoms with van der Waals surface area (Å²) in [6.45, 7) is 1.67. The van der Waals surface area contributed by atoms with Gasteiger partial charge in [-0.2, -0.15) is 0 Å². The van der Waals surface area contributed by atoms with E-state index in [2.05, 4.69) is 0 Å². The summed E-state index contributed by atoms with van der Waals surface area (Å²) in [6.07, 6.45) is 0. The number of carbonyl (C=O) groups is 2. The molecule has 1 aliphatic rings. The highest BCUT2D eigenvalue weighted by Gasteiger charge is 2.32. The first kappa shape index (κ1) is 8.96. The van der Waals surface area contributed by atoms with Crippen LogP contribution in [0.2, 0.25) is 0 Å². The van der Waals surface area contributed by atoms with Gasteiger partial charge in [-0.25, -0.2) is 4.79 Å². The molecule has 0 fully saturated rings. The topological polar surface area (TPSA) is 76.7 Å². The lowest BCUT2D eigenvalue weighted by Crippen LogP contribution is -2.10. The zero-order chi connectivity index (χ0) is 11.4. The van der Waals surface area contributed by atoms with Crippen molar-refractivity contribution in [3.63, 3.8) is 0 Å². The van der Waals surface area contributed by atoms with E-state index in [1.54, 1.807) is 6.92 Å². The summed E-state index contributed by atoms with van der Waals surface area (Å²) in [4.78, 5) is 22.4. The number of aromatic hydroxyl groups is 1. The number of Topliss-reactive ketones (excluding diaryl/α,β-unsaturated/α-hetero) is 1. The van der Waals surface area contributed by atoms with Crippen LogP contribution in [0.5, 0.6) is 11.7 Å². The number of benzene rings is 1. The number of rotatable bonds is 0. The van der Waals surface area contributed by atoms with Crippen molar-refractivity contribution in [1.29, 1.82) is 0 Å². The molecule has 0 spiro atoms. The van der Waals surface area contributed by atoms with Crippen LogP contribution in [-0.4, -0.2) is 16.9 Å². The lowest BCUT2D eigenvalue weighted by molar-refractivity contribution is -0.128. The number of esters is 1. The second-order valence-electron chi connectivity index (χ2n) is 3.60. The Morgan fingerprint density at radius 3 is 2.75 bits per heavy atom. The highest BCUT2D eigenvalue weighted by atomic mass is 16.5. The third kappa shape index (κ3) is 0.942. The predicted octanol–water partition coefficient (Wildman–Crippen LogP) is 1.55. The second kappa shape index (κ2) is 2.63. The van der Waals surface area contributed by atoms with Crippen LogP contribution in [0.1, 0.15) is 15.9 Å². The van der Waals surface area contributed by atoms with Gasteiger partial charge >= 0.3 is 5.97 Å². The van der Waals surface area contributed by atoms with E-state index in [0.29, 0.717) is 16.5 Å². The van der Waals surface area contributed by atoms with Gasteiger partial charge in [-0.15, -0.1) is 0 Å². The van der Waals surface area contributed by atoms with Crippen molar-refractivity contribution in [1.82, 2.24) is 0 Å². The largest absolute Gasteiger partial charge is 0.480 e. The van der Waals surface area contributed by atoms with Gasteiger partial charge in [0.25, 0.3) is 11.7 Å². The second-order valence-corrected chi connectivity index (χ2v) is 3.60.